The molecule has 0 atom stereocenters. The second-order valence-corrected chi connectivity index (χ2v) is 2.41. The lowest BCUT2D eigenvalue weighted by Gasteiger charge is -1.93. The summed E-state index contributed by atoms with van der Waals surface area (Å²) in [5, 5.41) is 1.06. The number of H-pyrrole nitrogens is 1. The lowest BCUT2D eigenvalue weighted by atomic mass is 10.2. The number of hydrogen-bond donors (Lipinski definition) is 1. The van der Waals surface area contributed by atoms with Crippen molar-refractivity contribution in [2.24, 2.45) is 0 Å². The monoisotopic (exact) mass is 235 g/mol. The molecule has 1 heterocycles. The second kappa shape index (κ2) is 6.43. The molecule has 0 amide bonds. The summed E-state index contributed by atoms with van der Waals surface area (Å²) in [5.74, 6) is 0. The van der Waals surface area contributed by atoms with Crippen molar-refractivity contribution in [3.05, 3.63) is 46.8 Å². The molecule has 0 saturated heterocycles. The number of aromatic amines is 1. The van der Waals surface area contributed by atoms with Gasteiger partial charge in [0.25, 0.3) is 0 Å². The van der Waals surface area contributed by atoms with Gasteiger partial charge in [0.05, 0.1) is 0 Å². The van der Waals surface area contributed by atoms with Crippen LogP contribution in [0.1, 0.15) is 0 Å². The molecule has 1 aromatic heterocycles. The molecule has 0 aliphatic carbocycles. The molecular formula is C9H11Cl2NO2. The van der Waals surface area contributed by atoms with Gasteiger partial charge in [0.2, 0.25) is 5.56 Å². The van der Waals surface area contributed by atoms with Crippen LogP contribution >= 0.6 is 24.8 Å². The highest BCUT2D eigenvalue weighted by molar-refractivity contribution is 5.85. The predicted octanol–water partition coefficient (Wildman–Crippen LogP) is 1.55. The average molecular weight is 236 g/mol. The molecule has 0 aliphatic rings. The first kappa shape index (κ1) is 15.4. The van der Waals surface area contributed by atoms with E-state index in [1.54, 1.807) is 0 Å². The van der Waals surface area contributed by atoms with Crippen molar-refractivity contribution in [2.45, 2.75) is 0 Å². The van der Waals surface area contributed by atoms with E-state index in [1.165, 1.54) is 6.07 Å². The zero-order chi connectivity index (χ0) is 7.68. The number of rotatable bonds is 0. The van der Waals surface area contributed by atoms with E-state index in [9.17, 15) is 4.79 Å². The Labute approximate surface area is 93.3 Å². The molecule has 0 aliphatic heterocycles. The summed E-state index contributed by atoms with van der Waals surface area (Å²) in [6, 6.07) is 11.0. The zero-order valence-electron chi connectivity index (χ0n) is 7.19. The maximum atomic E-state index is 10.8. The first-order chi connectivity index (χ1) is 5.36. The van der Waals surface area contributed by atoms with Crippen molar-refractivity contribution in [3.63, 3.8) is 0 Å². The van der Waals surface area contributed by atoms with E-state index in [0.717, 1.165) is 10.9 Å². The molecule has 5 heteroatoms. The molecule has 3 nitrogen and oxygen atoms in total. The van der Waals surface area contributed by atoms with Crippen LogP contribution in [0, 0.1) is 0 Å². The normalized spacial score (nSPS) is 8.00. The standard InChI is InChI=1S/C9H7NO.2ClH.H2O/c11-9-6-5-7-3-1-2-4-8(7)10-9;;;/h1-6H,(H,10,11);2*1H;1H2. The highest BCUT2D eigenvalue weighted by Crippen LogP contribution is 2.06. The van der Waals surface area contributed by atoms with Gasteiger partial charge in [-0.2, -0.15) is 0 Å². The summed E-state index contributed by atoms with van der Waals surface area (Å²) in [7, 11) is 0. The largest absolute Gasteiger partial charge is 0.412 e. The van der Waals surface area contributed by atoms with Crippen LogP contribution in [0.4, 0.5) is 0 Å². The molecule has 14 heavy (non-hydrogen) atoms. The Morgan fingerprint density at radius 3 is 2.29 bits per heavy atom. The van der Waals surface area contributed by atoms with E-state index in [0.29, 0.717) is 0 Å². The Bertz CT molecular complexity index is 442. The number of nitrogens with one attached hydrogen (secondary N) is 1. The molecule has 0 unspecified atom stereocenters. The number of halogens is 2. The van der Waals surface area contributed by atoms with Crippen LogP contribution in [0.3, 0.4) is 0 Å². The number of para-hydroxylation sites is 1. The molecule has 2 rings (SSSR count). The maximum Gasteiger partial charge on any atom is 0.248 e. The van der Waals surface area contributed by atoms with E-state index in [1.807, 2.05) is 30.3 Å². The van der Waals surface area contributed by atoms with Gasteiger partial charge in [-0.1, -0.05) is 18.2 Å². The van der Waals surface area contributed by atoms with Crippen molar-refractivity contribution in [1.29, 1.82) is 0 Å². The van der Waals surface area contributed by atoms with Crippen LogP contribution in [0.2, 0.25) is 0 Å². The molecule has 0 saturated carbocycles. The highest BCUT2D eigenvalue weighted by atomic mass is 35.5. The molecule has 2 aromatic rings. The van der Waals surface area contributed by atoms with Gasteiger partial charge in [-0.25, -0.2) is 0 Å². The summed E-state index contributed by atoms with van der Waals surface area (Å²) in [6.45, 7) is 0. The highest BCUT2D eigenvalue weighted by Gasteiger charge is 1.89. The molecule has 0 fully saturated rings. The summed E-state index contributed by atoms with van der Waals surface area (Å²) in [4.78, 5) is 13.6. The smallest absolute Gasteiger partial charge is 0.248 e. The van der Waals surface area contributed by atoms with Crippen molar-refractivity contribution in [1.82, 2.24) is 4.98 Å². The molecule has 0 spiro atoms. The predicted molar refractivity (Wildman–Crippen MR) is 62.7 cm³/mol. The van der Waals surface area contributed by atoms with E-state index in [-0.39, 0.29) is 35.8 Å². The fourth-order valence-electron chi connectivity index (χ4n) is 1.10. The van der Waals surface area contributed by atoms with Gasteiger partial charge in [0.1, 0.15) is 0 Å². The first-order valence-electron chi connectivity index (χ1n) is 3.44. The van der Waals surface area contributed by atoms with Gasteiger partial charge >= 0.3 is 0 Å². The van der Waals surface area contributed by atoms with E-state index in [4.69, 9.17) is 0 Å². The Hall–Kier alpha value is -1.03. The van der Waals surface area contributed by atoms with Gasteiger partial charge < -0.3 is 10.5 Å². The summed E-state index contributed by atoms with van der Waals surface area (Å²) < 4.78 is 0. The fraction of sp³-hybridized carbons (Fsp3) is 0. The van der Waals surface area contributed by atoms with Crippen LogP contribution in [0.15, 0.2) is 41.2 Å². The molecule has 1 aromatic carbocycles. The third-order valence-electron chi connectivity index (χ3n) is 1.63. The number of fused-ring (bicyclic) bond motifs is 1. The van der Waals surface area contributed by atoms with Gasteiger partial charge in [0.15, 0.2) is 0 Å². The van der Waals surface area contributed by atoms with E-state index >= 15 is 0 Å². The molecule has 0 radical (unpaired) electrons. The minimum absolute atomic E-state index is 0. The van der Waals surface area contributed by atoms with Crippen LogP contribution in [-0.2, 0) is 0 Å². The van der Waals surface area contributed by atoms with E-state index < -0.39 is 0 Å². The van der Waals surface area contributed by atoms with Crippen molar-refractivity contribution in [2.75, 3.05) is 0 Å². The Morgan fingerprint density at radius 2 is 1.57 bits per heavy atom. The Balaban J connectivity index is 0. The van der Waals surface area contributed by atoms with Crippen LogP contribution < -0.4 is 5.56 Å². The second-order valence-electron chi connectivity index (χ2n) is 2.41. The van der Waals surface area contributed by atoms with Crippen molar-refractivity contribution < 1.29 is 5.48 Å². The number of aromatic nitrogens is 1. The lowest BCUT2D eigenvalue weighted by molar-refractivity contribution is 0.824. The Morgan fingerprint density at radius 1 is 0.929 bits per heavy atom. The fourth-order valence-corrected chi connectivity index (χ4v) is 1.10. The van der Waals surface area contributed by atoms with Crippen LogP contribution in [0.5, 0.6) is 0 Å². The van der Waals surface area contributed by atoms with Gasteiger partial charge in [0, 0.05) is 11.6 Å². The Kier molecular flexibility index (Phi) is 7.09. The molecule has 3 N–H and O–H groups in total. The van der Waals surface area contributed by atoms with E-state index in [2.05, 4.69) is 4.98 Å². The van der Waals surface area contributed by atoms with Crippen molar-refractivity contribution in [3.8, 4) is 0 Å². The number of pyridine rings is 1. The third kappa shape index (κ3) is 3.03. The SMILES string of the molecule is Cl.Cl.O.O=c1ccc2ccccc2[nH]1. The third-order valence-corrected chi connectivity index (χ3v) is 1.63. The van der Waals surface area contributed by atoms with Gasteiger partial charge in [-0.15, -0.1) is 24.8 Å². The summed E-state index contributed by atoms with van der Waals surface area (Å²) in [6.07, 6.45) is 0. The van der Waals surface area contributed by atoms with Crippen LogP contribution in [0.25, 0.3) is 10.9 Å². The molecule has 0 bridgehead atoms. The molecular weight excluding hydrogens is 225 g/mol. The topological polar surface area (TPSA) is 64.4 Å². The summed E-state index contributed by atoms with van der Waals surface area (Å²) in [5.41, 5.74) is 0.837. The van der Waals surface area contributed by atoms with Gasteiger partial charge in [-0.3, -0.25) is 4.79 Å². The van der Waals surface area contributed by atoms with Crippen LogP contribution in [-0.4, -0.2) is 10.5 Å². The van der Waals surface area contributed by atoms with Gasteiger partial charge in [-0.05, 0) is 17.5 Å². The zero-order valence-corrected chi connectivity index (χ0v) is 8.82. The molecule has 78 valence electrons. The number of hydrogen-bond acceptors (Lipinski definition) is 1. The first-order valence-corrected chi connectivity index (χ1v) is 3.44. The average Bonchev–Trinajstić information content (AvgIpc) is 2.04. The minimum Gasteiger partial charge on any atom is -0.412 e. The van der Waals surface area contributed by atoms with Crippen molar-refractivity contribution >= 4 is 35.7 Å². The lowest BCUT2D eigenvalue weighted by Crippen LogP contribution is -2.01. The minimum atomic E-state index is -0.0521. The quantitative estimate of drug-likeness (QED) is 0.740. The number of benzene rings is 1. The summed E-state index contributed by atoms with van der Waals surface area (Å²) >= 11 is 0. The maximum absolute atomic E-state index is 10.8.